The first-order valence-corrected chi connectivity index (χ1v) is 9.76. The lowest BCUT2D eigenvalue weighted by atomic mass is 10.1. The largest absolute Gasteiger partial charge is 0.492 e. The molecule has 0 atom stereocenters. The minimum atomic E-state index is -0.186. The number of rotatable bonds is 9. The summed E-state index contributed by atoms with van der Waals surface area (Å²) in [5.74, 6) is 1.41. The Kier molecular flexibility index (Phi) is 7.08. The quantitative estimate of drug-likeness (QED) is 0.470. The topological polar surface area (TPSA) is 57.7 Å². The van der Waals surface area contributed by atoms with E-state index in [0.717, 1.165) is 29.8 Å². The Balaban J connectivity index is 1.51. The lowest BCUT2D eigenvalue weighted by Gasteiger charge is -2.13. The Morgan fingerprint density at radius 3 is 2.74 bits per heavy atom. The van der Waals surface area contributed by atoms with Crippen LogP contribution in [0, 0.1) is 0 Å². The van der Waals surface area contributed by atoms with Crippen LogP contribution in [0.4, 0.5) is 0 Å². The number of carbonyl (C=O) groups is 1. The molecule has 0 radical (unpaired) electrons. The zero-order valence-corrected chi connectivity index (χ0v) is 15.9. The zero-order valence-electron chi connectivity index (χ0n) is 15.9. The molecule has 3 rings (SSSR count). The molecule has 2 aromatic rings. The van der Waals surface area contributed by atoms with Gasteiger partial charge >= 0.3 is 5.97 Å². The van der Waals surface area contributed by atoms with Crippen LogP contribution >= 0.6 is 0 Å². The molecule has 27 heavy (non-hydrogen) atoms. The van der Waals surface area contributed by atoms with Gasteiger partial charge in [0.25, 0.3) is 0 Å². The van der Waals surface area contributed by atoms with Crippen LogP contribution in [-0.4, -0.2) is 30.3 Å². The Hall–Kier alpha value is -2.56. The highest BCUT2D eigenvalue weighted by atomic mass is 16.5. The molecule has 1 fully saturated rings. The van der Waals surface area contributed by atoms with Gasteiger partial charge in [0.05, 0.1) is 31.2 Å². The predicted molar refractivity (Wildman–Crippen MR) is 104 cm³/mol. The fourth-order valence-electron chi connectivity index (χ4n) is 3.20. The summed E-state index contributed by atoms with van der Waals surface area (Å²) in [4.78, 5) is 15.8. The summed E-state index contributed by atoms with van der Waals surface area (Å²) >= 11 is 0. The lowest BCUT2D eigenvalue weighted by Crippen LogP contribution is -2.10. The van der Waals surface area contributed by atoms with E-state index in [9.17, 15) is 4.79 Å². The number of pyridine rings is 1. The normalized spacial score (nSPS) is 14.1. The van der Waals surface area contributed by atoms with E-state index in [2.05, 4.69) is 4.98 Å². The van der Waals surface area contributed by atoms with Gasteiger partial charge in [-0.15, -0.1) is 0 Å². The van der Waals surface area contributed by atoms with Crippen molar-refractivity contribution in [1.82, 2.24) is 4.98 Å². The Bertz CT molecular complexity index is 723. The summed E-state index contributed by atoms with van der Waals surface area (Å²) < 4.78 is 16.6. The predicted octanol–water partition coefficient (Wildman–Crippen LogP) is 4.79. The first kappa shape index (κ1) is 19.2. The minimum Gasteiger partial charge on any atom is -0.492 e. The van der Waals surface area contributed by atoms with Gasteiger partial charge in [-0.05, 0) is 63.3 Å². The van der Waals surface area contributed by atoms with E-state index in [0.29, 0.717) is 37.9 Å². The first-order chi connectivity index (χ1) is 13.2. The maximum Gasteiger partial charge on any atom is 0.305 e. The second-order valence-electron chi connectivity index (χ2n) is 6.69. The van der Waals surface area contributed by atoms with Gasteiger partial charge in [-0.2, -0.15) is 0 Å². The molecule has 5 nitrogen and oxygen atoms in total. The van der Waals surface area contributed by atoms with Crippen molar-refractivity contribution in [2.24, 2.45) is 0 Å². The highest BCUT2D eigenvalue weighted by Gasteiger charge is 2.16. The Labute approximate surface area is 160 Å². The van der Waals surface area contributed by atoms with Crippen LogP contribution in [0.5, 0.6) is 11.5 Å². The van der Waals surface area contributed by atoms with Crippen molar-refractivity contribution < 1.29 is 19.0 Å². The lowest BCUT2D eigenvalue weighted by molar-refractivity contribution is -0.143. The fraction of sp³-hybridized carbons (Fsp3) is 0.455. The van der Waals surface area contributed by atoms with Gasteiger partial charge in [-0.25, -0.2) is 0 Å². The third-order valence-electron chi connectivity index (χ3n) is 4.57. The fourth-order valence-corrected chi connectivity index (χ4v) is 3.20. The Morgan fingerprint density at radius 2 is 2.00 bits per heavy atom. The van der Waals surface area contributed by atoms with Crippen molar-refractivity contribution in [2.45, 2.75) is 51.6 Å². The molecule has 0 spiro atoms. The molecule has 5 heteroatoms. The third-order valence-corrected chi connectivity index (χ3v) is 4.57. The first-order valence-electron chi connectivity index (χ1n) is 9.76. The maximum atomic E-state index is 11.3. The molecular formula is C22H27NO4. The van der Waals surface area contributed by atoms with Gasteiger partial charge in [0.15, 0.2) is 0 Å². The van der Waals surface area contributed by atoms with Crippen LogP contribution in [-0.2, 0) is 9.53 Å². The molecule has 1 heterocycles. The molecule has 1 aliphatic rings. The van der Waals surface area contributed by atoms with Crippen LogP contribution in [0.2, 0.25) is 0 Å². The average Bonchev–Trinajstić information content (AvgIpc) is 3.19. The number of hydrogen-bond donors (Lipinski definition) is 0. The molecule has 1 aliphatic carbocycles. The summed E-state index contributed by atoms with van der Waals surface area (Å²) in [5, 5.41) is 0. The number of carbonyl (C=O) groups excluding carboxylic acids is 1. The van der Waals surface area contributed by atoms with Gasteiger partial charge in [0.1, 0.15) is 11.5 Å². The second-order valence-corrected chi connectivity index (χ2v) is 6.69. The number of ether oxygens (including phenoxy) is 3. The van der Waals surface area contributed by atoms with E-state index < -0.39 is 0 Å². The smallest absolute Gasteiger partial charge is 0.305 e. The van der Waals surface area contributed by atoms with Crippen LogP contribution < -0.4 is 9.47 Å². The summed E-state index contributed by atoms with van der Waals surface area (Å²) in [6.07, 6.45) is 7.85. The van der Waals surface area contributed by atoms with E-state index in [-0.39, 0.29) is 5.97 Å². The zero-order chi connectivity index (χ0) is 18.9. The molecule has 1 aromatic heterocycles. The molecule has 144 valence electrons. The molecular weight excluding hydrogens is 342 g/mol. The number of nitrogens with zero attached hydrogens (tertiary/aromatic N) is 1. The molecule has 1 saturated carbocycles. The SMILES string of the molecule is CCOC(=O)CCCOc1ccc(-c2cccc(OC3CCCC3)c2)nc1. The highest BCUT2D eigenvalue weighted by Crippen LogP contribution is 2.27. The van der Waals surface area contributed by atoms with E-state index in [1.807, 2.05) is 36.4 Å². The minimum absolute atomic E-state index is 0.186. The van der Waals surface area contributed by atoms with Crippen LogP contribution in [0.3, 0.4) is 0 Å². The number of hydrogen-bond acceptors (Lipinski definition) is 5. The van der Waals surface area contributed by atoms with Crippen molar-refractivity contribution in [3.63, 3.8) is 0 Å². The van der Waals surface area contributed by atoms with E-state index in [4.69, 9.17) is 14.2 Å². The van der Waals surface area contributed by atoms with Crippen LogP contribution in [0.15, 0.2) is 42.6 Å². The molecule has 0 bridgehead atoms. The molecule has 0 saturated heterocycles. The summed E-state index contributed by atoms with van der Waals surface area (Å²) in [6, 6.07) is 11.9. The number of benzene rings is 1. The summed E-state index contributed by atoms with van der Waals surface area (Å²) in [6.45, 7) is 2.68. The van der Waals surface area contributed by atoms with Gasteiger partial charge < -0.3 is 14.2 Å². The van der Waals surface area contributed by atoms with Crippen molar-refractivity contribution >= 4 is 5.97 Å². The van der Waals surface area contributed by atoms with E-state index >= 15 is 0 Å². The summed E-state index contributed by atoms with van der Waals surface area (Å²) in [5.41, 5.74) is 1.91. The van der Waals surface area contributed by atoms with Crippen molar-refractivity contribution in [1.29, 1.82) is 0 Å². The van der Waals surface area contributed by atoms with Gasteiger partial charge in [-0.1, -0.05) is 12.1 Å². The van der Waals surface area contributed by atoms with Gasteiger partial charge in [0, 0.05) is 12.0 Å². The Morgan fingerprint density at radius 1 is 1.15 bits per heavy atom. The van der Waals surface area contributed by atoms with Crippen LogP contribution in [0.1, 0.15) is 45.4 Å². The van der Waals surface area contributed by atoms with Crippen molar-refractivity contribution in [3.8, 4) is 22.8 Å². The molecule has 0 unspecified atom stereocenters. The average molecular weight is 369 g/mol. The van der Waals surface area contributed by atoms with Crippen molar-refractivity contribution in [3.05, 3.63) is 42.6 Å². The molecule has 0 aliphatic heterocycles. The molecule has 0 N–H and O–H groups in total. The standard InChI is InChI=1S/C22H27NO4/c1-2-25-22(24)11-6-14-26-20-12-13-21(23-16-20)17-7-5-10-19(15-17)27-18-8-3-4-9-18/h5,7,10,12-13,15-16,18H,2-4,6,8-9,11,14H2,1H3. The van der Waals surface area contributed by atoms with Gasteiger partial charge in [0.2, 0.25) is 0 Å². The second kappa shape index (κ2) is 9.95. The summed E-state index contributed by atoms with van der Waals surface area (Å²) in [7, 11) is 0. The van der Waals surface area contributed by atoms with Gasteiger partial charge in [-0.3, -0.25) is 9.78 Å². The third kappa shape index (κ3) is 5.98. The van der Waals surface area contributed by atoms with Crippen LogP contribution in [0.25, 0.3) is 11.3 Å². The van der Waals surface area contributed by atoms with E-state index in [1.54, 1.807) is 13.1 Å². The molecule has 0 amide bonds. The molecule has 1 aromatic carbocycles. The number of esters is 1. The van der Waals surface area contributed by atoms with E-state index in [1.165, 1.54) is 12.8 Å². The highest BCUT2D eigenvalue weighted by molar-refractivity contribution is 5.69. The van der Waals surface area contributed by atoms with Crippen molar-refractivity contribution in [2.75, 3.05) is 13.2 Å². The maximum absolute atomic E-state index is 11.3. The monoisotopic (exact) mass is 369 g/mol. The number of aromatic nitrogens is 1.